The number of rotatable bonds is 5. The molecular weight excluding hydrogens is 221 g/mol. The zero-order valence-electron chi connectivity index (χ0n) is 9.82. The van der Waals surface area contributed by atoms with Crippen molar-refractivity contribution in [2.45, 2.75) is 19.4 Å². The minimum Gasteiger partial charge on any atom is -0.478 e. The van der Waals surface area contributed by atoms with Crippen LogP contribution in [-0.4, -0.2) is 29.6 Å². The van der Waals surface area contributed by atoms with E-state index in [1.165, 1.54) is 25.0 Å². The Morgan fingerprint density at radius 1 is 1.53 bits per heavy atom. The minimum atomic E-state index is -1.22. The molecule has 0 amide bonds. The van der Waals surface area contributed by atoms with Gasteiger partial charge in [0.05, 0.1) is 5.56 Å². The Hall–Kier alpha value is -1.42. The zero-order valence-corrected chi connectivity index (χ0v) is 9.82. The molecule has 0 radical (unpaired) electrons. The molecule has 1 aliphatic carbocycles. The van der Waals surface area contributed by atoms with Crippen LogP contribution in [0.3, 0.4) is 0 Å². The fourth-order valence-electron chi connectivity index (χ4n) is 1.95. The van der Waals surface area contributed by atoms with Gasteiger partial charge in [-0.25, -0.2) is 9.18 Å². The van der Waals surface area contributed by atoms with E-state index in [1.54, 1.807) is 6.07 Å². The summed E-state index contributed by atoms with van der Waals surface area (Å²) in [6.45, 7) is 1.69. The van der Waals surface area contributed by atoms with Crippen LogP contribution >= 0.6 is 0 Å². The van der Waals surface area contributed by atoms with Gasteiger partial charge in [0.1, 0.15) is 5.82 Å². The van der Waals surface area contributed by atoms with Crippen LogP contribution in [0.25, 0.3) is 0 Å². The maximum Gasteiger partial charge on any atom is 0.338 e. The van der Waals surface area contributed by atoms with Crippen LogP contribution in [0.1, 0.15) is 28.8 Å². The number of carbonyl (C=O) groups is 1. The highest BCUT2D eigenvalue weighted by atomic mass is 19.1. The number of nitrogens with zero attached hydrogens (tertiary/aromatic N) is 1. The molecule has 1 aromatic rings. The Kier molecular flexibility index (Phi) is 3.43. The molecule has 0 saturated heterocycles. The van der Waals surface area contributed by atoms with Gasteiger partial charge in [-0.3, -0.25) is 0 Å². The van der Waals surface area contributed by atoms with Gasteiger partial charge in [-0.15, -0.1) is 0 Å². The lowest BCUT2D eigenvalue weighted by Gasteiger charge is -2.16. The topological polar surface area (TPSA) is 40.5 Å². The van der Waals surface area contributed by atoms with Gasteiger partial charge in [0.25, 0.3) is 0 Å². The van der Waals surface area contributed by atoms with E-state index >= 15 is 0 Å². The number of benzene rings is 1. The van der Waals surface area contributed by atoms with Crippen molar-refractivity contribution in [2.24, 2.45) is 5.92 Å². The maximum atomic E-state index is 13.4. The largest absolute Gasteiger partial charge is 0.478 e. The third-order valence-electron chi connectivity index (χ3n) is 2.98. The van der Waals surface area contributed by atoms with Crippen molar-refractivity contribution >= 4 is 5.97 Å². The maximum absolute atomic E-state index is 13.4. The average molecular weight is 237 g/mol. The van der Waals surface area contributed by atoms with E-state index in [2.05, 4.69) is 4.90 Å². The Balaban J connectivity index is 2.00. The lowest BCUT2D eigenvalue weighted by atomic mass is 10.1. The van der Waals surface area contributed by atoms with Gasteiger partial charge in [0.2, 0.25) is 0 Å². The van der Waals surface area contributed by atoms with Gasteiger partial charge < -0.3 is 10.0 Å². The second kappa shape index (κ2) is 4.84. The van der Waals surface area contributed by atoms with Gasteiger partial charge in [0.15, 0.2) is 0 Å². The Morgan fingerprint density at radius 3 is 2.76 bits per heavy atom. The van der Waals surface area contributed by atoms with E-state index in [-0.39, 0.29) is 5.56 Å². The molecule has 0 heterocycles. The Labute approximate surface area is 99.9 Å². The number of hydrogen-bond acceptors (Lipinski definition) is 2. The zero-order chi connectivity index (χ0) is 12.4. The molecule has 0 aromatic heterocycles. The van der Waals surface area contributed by atoms with Gasteiger partial charge in [-0.2, -0.15) is 0 Å². The summed E-state index contributed by atoms with van der Waals surface area (Å²) in [4.78, 5) is 12.8. The first-order valence-electron chi connectivity index (χ1n) is 5.76. The molecule has 92 valence electrons. The number of hydrogen-bond donors (Lipinski definition) is 1. The molecule has 1 aliphatic rings. The smallest absolute Gasteiger partial charge is 0.338 e. The van der Waals surface area contributed by atoms with E-state index in [9.17, 15) is 9.18 Å². The molecule has 1 N–H and O–H groups in total. The molecule has 17 heavy (non-hydrogen) atoms. The molecular formula is C13H16FNO2. The first-order chi connectivity index (χ1) is 8.06. The second-order valence-electron chi connectivity index (χ2n) is 4.76. The van der Waals surface area contributed by atoms with Crippen LogP contribution in [0.15, 0.2) is 18.2 Å². The third kappa shape index (κ3) is 3.27. The van der Waals surface area contributed by atoms with E-state index in [0.717, 1.165) is 18.0 Å². The van der Waals surface area contributed by atoms with Gasteiger partial charge in [0, 0.05) is 13.1 Å². The van der Waals surface area contributed by atoms with Crippen LogP contribution in [0, 0.1) is 11.7 Å². The molecule has 0 unspecified atom stereocenters. The monoisotopic (exact) mass is 237 g/mol. The summed E-state index contributed by atoms with van der Waals surface area (Å²) in [7, 11) is 2.00. The molecule has 1 aromatic carbocycles. The van der Waals surface area contributed by atoms with Crippen molar-refractivity contribution in [3.63, 3.8) is 0 Å². The summed E-state index contributed by atoms with van der Waals surface area (Å²) in [5, 5.41) is 8.72. The molecule has 0 atom stereocenters. The summed E-state index contributed by atoms with van der Waals surface area (Å²) >= 11 is 0. The standard InChI is InChI=1S/C13H16FNO2/c1-15(7-9-2-3-9)8-10-4-5-11(13(16)17)12(14)6-10/h4-6,9H,2-3,7-8H2,1H3,(H,16,17). The van der Waals surface area contributed by atoms with Crippen molar-refractivity contribution in [1.29, 1.82) is 0 Å². The van der Waals surface area contributed by atoms with E-state index in [0.29, 0.717) is 6.54 Å². The lowest BCUT2D eigenvalue weighted by Crippen LogP contribution is -2.20. The SMILES string of the molecule is CN(Cc1ccc(C(=O)O)c(F)c1)CC1CC1. The number of halogens is 1. The number of carboxylic acids is 1. The summed E-state index contributed by atoms with van der Waals surface area (Å²) in [6.07, 6.45) is 2.58. The van der Waals surface area contributed by atoms with Crippen LogP contribution in [0.4, 0.5) is 4.39 Å². The molecule has 2 rings (SSSR count). The van der Waals surface area contributed by atoms with Crippen molar-refractivity contribution < 1.29 is 14.3 Å². The first-order valence-corrected chi connectivity index (χ1v) is 5.76. The minimum absolute atomic E-state index is 0.265. The van der Waals surface area contributed by atoms with Gasteiger partial charge >= 0.3 is 5.97 Å². The number of aromatic carboxylic acids is 1. The van der Waals surface area contributed by atoms with Crippen LogP contribution in [0.5, 0.6) is 0 Å². The quantitative estimate of drug-likeness (QED) is 0.854. The van der Waals surface area contributed by atoms with Gasteiger partial charge in [-0.1, -0.05) is 6.07 Å². The molecule has 0 bridgehead atoms. The van der Waals surface area contributed by atoms with Crippen LogP contribution in [0.2, 0.25) is 0 Å². The second-order valence-corrected chi connectivity index (χ2v) is 4.76. The predicted molar refractivity (Wildman–Crippen MR) is 62.4 cm³/mol. The molecule has 0 spiro atoms. The highest BCUT2D eigenvalue weighted by molar-refractivity contribution is 5.87. The Bertz CT molecular complexity index is 429. The molecule has 0 aliphatic heterocycles. The number of carboxylic acid groups (broad SMARTS) is 1. The molecule has 1 saturated carbocycles. The Morgan fingerprint density at radius 2 is 2.24 bits per heavy atom. The van der Waals surface area contributed by atoms with Crippen molar-refractivity contribution in [3.8, 4) is 0 Å². The normalized spacial score (nSPS) is 15.2. The average Bonchev–Trinajstić information content (AvgIpc) is 3.00. The van der Waals surface area contributed by atoms with Crippen LogP contribution in [-0.2, 0) is 6.54 Å². The lowest BCUT2D eigenvalue weighted by molar-refractivity contribution is 0.0692. The summed E-state index contributed by atoms with van der Waals surface area (Å²) in [6, 6.07) is 4.32. The highest BCUT2D eigenvalue weighted by Gasteiger charge is 2.22. The highest BCUT2D eigenvalue weighted by Crippen LogP contribution is 2.29. The summed E-state index contributed by atoms with van der Waals surface area (Å²) in [5.41, 5.74) is 0.550. The fourth-order valence-corrected chi connectivity index (χ4v) is 1.95. The van der Waals surface area contributed by atoms with Crippen molar-refractivity contribution in [3.05, 3.63) is 35.1 Å². The molecule has 4 heteroatoms. The van der Waals surface area contributed by atoms with E-state index < -0.39 is 11.8 Å². The van der Waals surface area contributed by atoms with Gasteiger partial charge in [-0.05, 0) is 43.5 Å². The predicted octanol–water partition coefficient (Wildman–Crippen LogP) is 2.37. The van der Waals surface area contributed by atoms with Crippen molar-refractivity contribution in [2.75, 3.05) is 13.6 Å². The summed E-state index contributed by atoms with van der Waals surface area (Å²) < 4.78 is 13.4. The summed E-state index contributed by atoms with van der Waals surface area (Å²) in [5.74, 6) is -1.08. The molecule has 3 nitrogen and oxygen atoms in total. The van der Waals surface area contributed by atoms with Crippen molar-refractivity contribution in [1.82, 2.24) is 4.90 Å². The fraction of sp³-hybridized carbons (Fsp3) is 0.462. The molecule has 1 fully saturated rings. The third-order valence-corrected chi connectivity index (χ3v) is 2.98. The van der Waals surface area contributed by atoms with E-state index in [4.69, 9.17) is 5.11 Å². The van der Waals surface area contributed by atoms with Crippen LogP contribution < -0.4 is 0 Å². The van der Waals surface area contributed by atoms with E-state index in [1.807, 2.05) is 7.05 Å². The first kappa shape index (κ1) is 12.0.